The molecule has 3 aromatic rings. The zero-order valence-corrected chi connectivity index (χ0v) is 15.6. The molecule has 132 valence electrons. The minimum Gasteiger partial charge on any atom is -0.497 e. The molecule has 0 radical (unpaired) electrons. The van der Waals surface area contributed by atoms with Crippen LogP contribution in [0, 0.1) is 6.92 Å². The van der Waals surface area contributed by atoms with Crippen molar-refractivity contribution in [2.75, 3.05) is 13.7 Å². The van der Waals surface area contributed by atoms with Gasteiger partial charge in [0.25, 0.3) is 0 Å². The molecule has 1 unspecified atom stereocenters. The summed E-state index contributed by atoms with van der Waals surface area (Å²) in [5.41, 5.74) is 1.66. The maximum absolute atomic E-state index is 12.7. The number of hydrogen-bond acceptors (Lipinski definition) is 5. The molecule has 0 aliphatic heterocycles. The summed E-state index contributed by atoms with van der Waals surface area (Å²) in [6, 6.07) is 10.5. The number of furan rings is 1. The number of methoxy groups -OCH3 is 1. The lowest BCUT2D eigenvalue weighted by Gasteiger charge is -2.16. The second-order valence-electron chi connectivity index (χ2n) is 5.61. The molecule has 0 saturated heterocycles. The molecule has 2 aromatic heterocycles. The summed E-state index contributed by atoms with van der Waals surface area (Å²) in [5, 5.41) is 3.97. The molecular weight excluding hydrogens is 358 g/mol. The van der Waals surface area contributed by atoms with Gasteiger partial charge in [0.05, 0.1) is 24.2 Å². The summed E-state index contributed by atoms with van der Waals surface area (Å²) in [4.78, 5) is 0.247. The predicted octanol–water partition coefficient (Wildman–Crippen LogP) is 3.77. The van der Waals surface area contributed by atoms with Crippen LogP contribution in [0.3, 0.4) is 0 Å². The van der Waals surface area contributed by atoms with Gasteiger partial charge in [-0.3, -0.25) is 0 Å². The average Bonchev–Trinajstić information content (AvgIpc) is 3.28. The molecule has 5 nitrogen and oxygen atoms in total. The van der Waals surface area contributed by atoms with E-state index in [0.29, 0.717) is 11.3 Å². The maximum atomic E-state index is 12.7. The maximum Gasteiger partial charge on any atom is 0.240 e. The molecule has 25 heavy (non-hydrogen) atoms. The van der Waals surface area contributed by atoms with Crippen molar-refractivity contribution in [3.05, 3.63) is 70.3 Å². The third-order valence-corrected chi connectivity index (χ3v) is 6.27. The summed E-state index contributed by atoms with van der Waals surface area (Å²) in [5.74, 6) is 1.19. The number of hydrogen-bond donors (Lipinski definition) is 1. The van der Waals surface area contributed by atoms with Gasteiger partial charge in [-0.15, -0.1) is 0 Å². The minimum atomic E-state index is -3.64. The number of aryl methyl sites for hydroxylation is 1. The van der Waals surface area contributed by atoms with E-state index in [0.717, 1.165) is 11.3 Å². The Labute approximate surface area is 151 Å². The van der Waals surface area contributed by atoms with Crippen LogP contribution < -0.4 is 9.46 Å². The lowest BCUT2D eigenvalue weighted by atomic mass is 10.00. The van der Waals surface area contributed by atoms with E-state index in [9.17, 15) is 8.42 Å². The first kappa shape index (κ1) is 17.7. The third-order valence-electron chi connectivity index (χ3n) is 3.98. The molecule has 0 amide bonds. The summed E-state index contributed by atoms with van der Waals surface area (Å²) in [7, 11) is -2.09. The van der Waals surface area contributed by atoms with Crippen molar-refractivity contribution in [2.24, 2.45) is 0 Å². The first-order valence-corrected chi connectivity index (χ1v) is 10.1. The second kappa shape index (κ2) is 7.43. The smallest absolute Gasteiger partial charge is 0.240 e. The Balaban J connectivity index is 1.83. The molecule has 0 aliphatic carbocycles. The fourth-order valence-corrected chi connectivity index (χ4v) is 4.65. The Morgan fingerprint density at radius 2 is 2.12 bits per heavy atom. The number of thiophene rings is 1. The Morgan fingerprint density at radius 3 is 2.72 bits per heavy atom. The van der Waals surface area contributed by atoms with Crippen LogP contribution in [0.5, 0.6) is 5.75 Å². The van der Waals surface area contributed by atoms with Crippen molar-refractivity contribution < 1.29 is 17.6 Å². The molecule has 0 saturated carbocycles. The Kier molecular flexibility index (Phi) is 5.27. The first-order chi connectivity index (χ1) is 12.0. The van der Waals surface area contributed by atoms with Crippen molar-refractivity contribution in [1.82, 2.24) is 4.72 Å². The van der Waals surface area contributed by atoms with E-state index in [1.807, 2.05) is 22.9 Å². The van der Waals surface area contributed by atoms with E-state index in [4.69, 9.17) is 9.15 Å². The Hall–Kier alpha value is -2.09. The van der Waals surface area contributed by atoms with Gasteiger partial charge in [-0.2, -0.15) is 11.3 Å². The standard InChI is InChI=1S/C18H19NO4S2/c1-13-10-15(22-2)5-6-18(13)25(20,21)19-11-16(14-7-9-24-12-14)17-4-3-8-23-17/h3-10,12,16,19H,11H2,1-2H3. The highest BCUT2D eigenvalue weighted by molar-refractivity contribution is 7.89. The molecule has 0 aliphatic rings. The van der Waals surface area contributed by atoms with E-state index in [-0.39, 0.29) is 17.4 Å². The summed E-state index contributed by atoms with van der Waals surface area (Å²) < 4.78 is 38.8. The molecule has 1 N–H and O–H groups in total. The van der Waals surface area contributed by atoms with E-state index in [1.54, 1.807) is 55.9 Å². The summed E-state index contributed by atoms with van der Waals surface area (Å²) >= 11 is 1.57. The quantitative estimate of drug-likeness (QED) is 0.680. The van der Waals surface area contributed by atoms with Crippen LogP contribution in [-0.4, -0.2) is 22.1 Å². The molecule has 0 spiro atoms. The number of rotatable bonds is 7. The van der Waals surface area contributed by atoms with Crippen molar-refractivity contribution in [2.45, 2.75) is 17.7 Å². The zero-order chi connectivity index (χ0) is 17.9. The van der Waals surface area contributed by atoms with Gasteiger partial charge in [0.1, 0.15) is 11.5 Å². The molecule has 1 atom stereocenters. The molecular formula is C18H19NO4S2. The monoisotopic (exact) mass is 377 g/mol. The fourth-order valence-electron chi connectivity index (χ4n) is 2.67. The van der Waals surface area contributed by atoms with Gasteiger partial charge in [-0.25, -0.2) is 13.1 Å². The van der Waals surface area contributed by atoms with Crippen molar-refractivity contribution >= 4 is 21.4 Å². The topological polar surface area (TPSA) is 68.5 Å². The average molecular weight is 377 g/mol. The van der Waals surface area contributed by atoms with Gasteiger partial charge in [0.2, 0.25) is 10.0 Å². The van der Waals surface area contributed by atoms with Crippen LogP contribution in [0.15, 0.2) is 62.7 Å². The van der Waals surface area contributed by atoms with E-state index < -0.39 is 10.0 Å². The SMILES string of the molecule is COc1ccc(S(=O)(=O)NCC(c2ccsc2)c2ccco2)c(C)c1. The van der Waals surface area contributed by atoms with Crippen LogP contribution in [0.4, 0.5) is 0 Å². The number of nitrogens with one attached hydrogen (secondary N) is 1. The Morgan fingerprint density at radius 1 is 1.28 bits per heavy atom. The Bertz CT molecular complexity index is 882. The highest BCUT2D eigenvalue weighted by Crippen LogP contribution is 2.27. The first-order valence-electron chi connectivity index (χ1n) is 7.71. The number of ether oxygens (including phenoxy) is 1. The van der Waals surface area contributed by atoms with Crippen LogP contribution in [0.25, 0.3) is 0 Å². The van der Waals surface area contributed by atoms with Gasteiger partial charge in [-0.1, -0.05) is 0 Å². The highest BCUT2D eigenvalue weighted by atomic mass is 32.2. The minimum absolute atomic E-state index is 0.172. The highest BCUT2D eigenvalue weighted by Gasteiger charge is 2.23. The second-order valence-corrected chi connectivity index (χ2v) is 8.12. The normalized spacial score (nSPS) is 12.9. The van der Waals surface area contributed by atoms with E-state index >= 15 is 0 Å². The largest absolute Gasteiger partial charge is 0.497 e. The third kappa shape index (κ3) is 3.95. The van der Waals surface area contributed by atoms with Gasteiger partial charge in [-0.05, 0) is 65.2 Å². The van der Waals surface area contributed by atoms with Gasteiger partial charge in [0.15, 0.2) is 0 Å². The summed E-state index contributed by atoms with van der Waals surface area (Å²) in [6.07, 6.45) is 1.59. The molecule has 0 bridgehead atoms. The van der Waals surface area contributed by atoms with E-state index in [2.05, 4.69) is 4.72 Å². The van der Waals surface area contributed by atoms with Crippen molar-refractivity contribution in [3.63, 3.8) is 0 Å². The van der Waals surface area contributed by atoms with Crippen molar-refractivity contribution in [3.8, 4) is 5.75 Å². The number of sulfonamides is 1. The molecule has 1 aromatic carbocycles. The zero-order valence-electron chi connectivity index (χ0n) is 13.9. The number of benzene rings is 1. The summed E-state index contributed by atoms with van der Waals surface area (Å²) in [6.45, 7) is 1.97. The van der Waals surface area contributed by atoms with Crippen molar-refractivity contribution in [1.29, 1.82) is 0 Å². The van der Waals surface area contributed by atoms with Gasteiger partial charge < -0.3 is 9.15 Å². The van der Waals surface area contributed by atoms with Crippen LogP contribution in [0.1, 0.15) is 22.8 Å². The predicted molar refractivity (Wildman–Crippen MR) is 97.8 cm³/mol. The van der Waals surface area contributed by atoms with Crippen LogP contribution in [0.2, 0.25) is 0 Å². The van der Waals surface area contributed by atoms with Gasteiger partial charge in [0, 0.05) is 6.54 Å². The van der Waals surface area contributed by atoms with Crippen LogP contribution >= 0.6 is 11.3 Å². The molecule has 3 rings (SSSR count). The van der Waals surface area contributed by atoms with Crippen LogP contribution in [-0.2, 0) is 10.0 Å². The fraction of sp³-hybridized carbons (Fsp3) is 0.222. The lowest BCUT2D eigenvalue weighted by Crippen LogP contribution is -2.29. The lowest BCUT2D eigenvalue weighted by molar-refractivity contribution is 0.414. The molecule has 2 heterocycles. The molecule has 7 heteroatoms. The van der Waals surface area contributed by atoms with Gasteiger partial charge >= 0.3 is 0 Å². The molecule has 0 fully saturated rings. The van der Waals surface area contributed by atoms with E-state index in [1.165, 1.54) is 0 Å².